The quantitative estimate of drug-likeness (QED) is 0.756. The van der Waals surface area contributed by atoms with Gasteiger partial charge in [-0.3, -0.25) is 9.89 Å². The second-order valence-corrected chi connectivity index (χ2v) is 6.86. The molecule has 0 spiro atoms. The van der Waals surface area contributed by atoms with Crippen LogP contribution in [0.2, 0.25) is 0 Å². The molecule has 0 bridgehead atoms. The van der Waals surface area contributed by atoms with Gasteiger partial charge in [-0.2, -0.15) is 5.10 Å². The van der Waals surface area contributed by atoms with Gasteiger partial charge >= 0.3 is 0 Å². The first-order valence-corrected chi connectivity index (χ1v) is 9.27. The van der Waals surface area contributed by atoms with E-state index in [1.54, 1.807) is 19.4 Å². The Balaban J connectivity index is 1.50. The van der Waals surface area contributed by atoms with E-state index in [1.807, 2.05) is 29.2 Å². The zero-order chi connectivity index (χ0) is 18.6. The lowest BCUT2D eigenvalue weighted by Gasteiger charge is -2.24. The normalized spacial score (nSPS) is 17.5. The van der Waals surface area contributed by atoms with Crippen molar-refractivity contribution in [1.82, 2.24) is 15.1 Å². The highest BCUT2D eigenvalue weighted by molar-refractivity contribution is 5.93. The number of benzene rings is 1. The molecule has 1 aromatic carbocycles. The molecule has 1 aliphatic rings. The Morgan fingerprint density at radius 1 is 1.26 bits per heavy atom. The molecule has 140 valence electrons. The lowest BCUT2D eigenvalue weighted by molar-refractivity contribution is 0.0748. The standard InChI is InChI=1S/C21H23N3O3/c1-26-17-9-7-15(8-10-17)16-5-2-3-11-24(14-16)21(25)19-13-18(22-23-19)20-6-4-12-27-20/h4,6-10,12-13,16H,2-3,5,11,14H2,1H3,(H,22,23). The number of hydrogen-bond donors (Lipinski definition) is 1. The van der Waals surface area contributed by atoms with Gasteiger partial charge in [0, 0.05) is 25.1 Å². The zero-order valence-electron chi connectivity index (χ0n) is 15.4. The first-order valence-electron chi connectivity index (χ1n) is 9.27. The van der Waals surface area contributed by atoms with E-state index < -0.39 is 0 Å². The lowest BCUT2D eigenvalue weighted by Crippen LogP contribution is -2.34. The van der Waals surface area contributed by atoms with E-state index in [-0.39, 0.29) is 5.91 Å². The molecule has 0 aliphatic carbocycles. The topological polar surface area (TPSA) is 71.4 Å². The van der Waals surface area contributed by atoms with Crippen LogP contribution in [0.3, 0.4) is 0 Å². The third kappa shape index (κ3) is 3.74. The number of hydrogen-bond acceptors (Lipinski definition) is 4. The zero-order valence-corrected chi connectivity index (χ0v) is 15.4. The number of rotatable bonds is 4. The Morgan fingerprint density at radius 3 is 2.85 bits per heavy atom. The highest BCUT2D eigenvalue weighted by Gasteiger charge is 2.25. The molecule has 1 amide bonds. The van der Waals surface area contributed by atoms with Crippen molar-refractivity contribution < 1.29 is 13.9 Å². The van der Waals surface area contributed by atoms with E-state index >= 15 is 0 Å². The fourth-order valence-electron chi connectivity index (χ4n) is 3.63. The molecule has 27 heavy (non-hydrogen) atoms. The number of carbonyl (C=O) groups excluding carboxylic acids is 1. The fourth-order valence-corrected chi connectivity index (χ4v) is 3.63. The molecule has 4 rings (SSSR count). The molecule has 2 aromatic heterocycles. The van der Waals surface area contributed by atoms with E-state index in [0.29, 0.717) is 29.6 Å². The van der Waals surface area contributed by atoms with Crippen LogP contribution in [0.1, 0.15) is 41.2 Å². The number of nitrogens with zero attached hydrogens (tertiary/aromatic N) is 2. The van der Waals surface area contributed by atoms with Gasteiger partial charge in [0.15, 0.2) is 11.5 Å². The summed E-state index contributed by atoms with van der Waals surface area (Å²) in [6.45, 7) is 1.46. The summed E-state index contributed by atoms with van der Waals surface area (Å²) in [5.41, 5.74) is 2.38. The van der Waals surface area contributed by atoms with E-state index in [9.17, 15) is 4.79 Å². The van der Waals surface area contributed by atoms with Crippen LogP contribution in [0.4, 0.5) is 0 Å². The number of ether oxygens (including phenoxy) is 1. The molecule has 0 radical (unpaired) electrons. The van der Waals surface area contributed by atoms with Crippen LogP contribution in [-0.2, 0) is 0 Å². The van der Waals surface area contributed by atoms with Crippen LogP contribution in [0, 0.1) is 0 Å². The lowest BCUT2D eigenvalue weighted by atomic mass is 9.94. The van der Waals surface area contributed by atoms with Gasteiger partial charge in [0.05, 0.1) is 13.4 Å². The van der Waals surface area contributed by atoms with Crippen molar-refractivity contribution in [1.29, 1.82) is 0 Å². The van der Waals surface area contributed by atoms with Crippen LogP contribution < -0.4 is 4.74 Å². The Morgan fingerprint density at radius 2 is 2.11 bits per heavy atom. The molecule has 1 saturated heterocycles. The van der Waals surface area contributed by atoms with Gasteiger partial charge in [0.1, 0.15) is 11.4 Å². The molecular weight excluding hydrogens is 342 g/mol. The van der Waals surface area contributed by atoms with Gasteiger partial charge in [-0.25, -0.2) is 0 Å². The van der Waals surface area contributed by atoms with Gasteiger partial charge in [0.25, 0.3) is 5.91 Å². The maximum Gasteiger partial charge on any atom is 0.274 e. The number of aromatic amines is 1. The maximum atomic E-state index is 13.0. The smallest absolute Gasteiger partial charge is 0.274 e. The largest absolute Gasteiger partial charge is 0.497 e. The number of H-pyrrole nitrogens is 1. The summed E-state index contributed by atoms with van der Waals surface area (Å²) >= 11 is 0. The van der Waals surface area contributed by atoms with Crippen molar-refractivity contribution in [3.63, 3.8) is 0 Å². The average molecular weight is 365 g/mol. The molecule has 1 aliphatic heterocycles. The van der Waals surface area contributed by atoms with E-state index in [1.165, 1.54) is 5.56 Å². The van der Waals surface area contributed by atoms with Gasteiger partial charge < -0.3 is 14.1 Å². The van der Waals surface area contributed by atoms with Crippen LogP contribution in [0.5, 0.6) is 5.75 Å². The molecule has 0 saturated carbocycles. The summed E-state index contributed by atoms with van der Waals surface area (Å²) < 4.78 is 10.6. The monoisotopic (exact) mass is 365 g/mol. The third-order valence-corrected chi connectivity index (χ3v) is 5.13. The van der Waals surface area contributed by atoms with Gasteiger partial charge in [0.2, 0.25) is 0 Å². The van der Waals surface area contributed by atoms with Crippen LogP contribution in [-0.4, -0.2) is 41.2 Å². The molecular formula is C21H23N3O3. The number of likely N-dealkylation sites (tertiary alicyclic amines) is 1. The first-order chi connectivity index (χ1) is 13.2. The second kappa shape index (κ2) is 7.70. The van der Waals surface area contributed by atoms with Crippen LogP contribution >= 0.6 is 0 Å². The number of methoxy groups -OCH3 is 1. The Kier molecular flexibility index (Phi) is 4.96. The molecule has 3 heterocycles. The number of nitrogens with one attached hydrogen (secondary N) is 1. The number of amides is 1. The summed E-state index contributed by atoms with van der Waals surface area (Å²) in [7, 11) is 1.67. The van der Waals surface area contributed by atoms with Crippen LogP contribution in [0.15, 0.2) is 53.1 Å². The summed E-state index contributed by atoms with van der Waals surface area (Å²) in [5.74, 6) is 1.81. The number of aromatic nitrogens is 2. The Hall–Kier alpha value is -3.02. The van der Waals surface area contributed by atoms with Gasteiger partial charge in [-0.15, -0.1) is 0 Å². The van der Waals surface area contributed by atoms with Crippen molar-refractivity contribution in [3.8, 4) is 17.2 Å². The first kappa shape index (κ1) is 17.4. The van der Waals surface area contributed by atoms with Gasteiger partial charge in [-0.1, -0.05) is 18.6 Å². The SMILES string of the molecule is COc1ccc(C2CCCCN(C(=O)c3cc(-c4ccco4)[nH]n3)C2)cc1. The minimum absolute atomic E-state index is 0.0375. The predicted molar refractivity (Wildman–Crippen MR) is 102 cm³/mol. The van der Waals surface area contributed by atoms with Crippen LogP contribution in [0.25, 0.3) is 11.5 Å². The third-order valence-electron chi connectivity index (χ3n) is 5.13. The summed E-state index contributed by atoms with van der Waals surface area (Å²) in [6.07, 6.45) is 4.80. The Bertz CT molecular complexity index is 884. The van der Waals surface area contributed by atoms with E-state index in [0.717, 1.165) is 31.6 Å². The number of furan rings is 1. The fraction of sp³-hybridized carbons (Fsp3) is 0.333. The Labute approximate surface area is 158 Å². The highest BCUT2D eigenvalue weighted by atomic mass is 16.5. The highest BCUT2D eigenvalue weighted by Crippen LogP contribution is 2.29. The molecule has 3 aromatic rings. The predicted octanol–water partition coefficient (Wildman–Crippen LogP) is 4.09. The molecule has 6 heteroatoms. The van der Waals surface area contributed by atoms with Crippen molar-refractivity contribution in [2.75, 3.05) is 20.2 Å². The molecule has 1 atom stereocenters. The summed E-state index contributed by atoms with van der Waals surface area (Å²) in [5, 5.41) is 7.10. The van der Waals surface area contributed by atoms with Crippen molar-refractivity contribution in [3.05, 3.63) is 60.0 Å². The average Bonchev–Trinajstić information content (AvgIpc) is 3.35. The molecule has 1 unspecified atom stereocenters. The molecule has 1 fully saturated rings. The summed E-state index contributed by atoms with van der Waals surface area (Å²) in [6, 6.07) is 13.6. The van der Waals surface area contributed by atoms with Crippen molar-refractivity contribution in [2.45, 2.75) is 25.2 Å². The van der Waals surface area contributed by atoms with E-state index in [4.69, 9.17) is 9.15 Å². The van der Waals surface area contributed by atoms with Crippen molar-refractivity contribution >= 4 is 5.91 Å². The minimum Gasteiger partial charge on any atom is -0.497 e. The summed E-state index contributed by atoms with van der Waals surface area (Å²) in [4.78, 5) is 14.9. The maximum absolute atomic E-state index is 13.0. The second-order valence-electron chi connectivity index (χ2n) is 6.86. The van der Waals surface area contributed by atoms with Crippen molar-refractivity contribution in [2.24, 2.45) is 0 Å². The number of carbonyl (C=O) groups is 1. The van der Waals surface area contributed by atoms with Gasteiger partial charge in [-0.05, 0) is 42.7 Å². The van der Waals surface area contributed by atoms with E-state index in [2.05, 4.69) is 22.3 Å². The molecule has 6 nitrogen and oxygen atoms in total. The minimum atomic E-state index is -0.0375. The molecule has 1 N–H and O–H groups in total.